The second kappa shape index (κ2) is 7.09. The lowest BCUT2D eigenvalue weighted by Crippen LogP contribution is -2.20. The predicted octanol–water partition coefficient (Wildman–Crippen LogP) is 4.16. The summed E-state index contributed by atoms with van der Waals surface area (Å²) in [7, 11) is 0. The molecule has 6 heteroatoms. The number of aromatic nitrogens is 2. The maximum absolute atomic E-state index is 9.94. The number of aliphatic hydroxyl groups excluding tert-OH is 1. The summed E-state index contributed by atoms with van der Waals surface area (Å²) in [4.78, 5) is 4.42. The normalized spacial score (nSPS) is 21.1. The molecule has 5 rings (SSSR count). The fourth-order valence-electron chi connectivity index (χ4n) is 4.63. The van der Waals surface area contributed by atoms with E-state index in [1.54, 1.807) is 6.20 Å². The van der Waals surface area contributed by atoms with Crippen LogP contribution in [0.2, 0.25) is 0 Å². The van der Waals surface area contributed by atoms with Crippen LogP contribution < -0.4 is 10.1 Å². The van der Waals surface area contributed by atoms with E-state index in [4.69, 9.17) is 4.74 Å². The van der Waals surface area contributed by atoms with E-state index in [-0.39, 0.29) is 6.10 Å². The second-order valence-electron chi connectivity index (χ2n) is 8.05. The molecule has 1 fully saturated rings. The molecule has 0 bridgehead atoms. The summed E-state index contributed by atoms with van der Waals surface area (Å²) in [6, 6.07) is 6.77. The van der Waals surface area contributed by atoms with Crippen molar-refractivity contribution in [2.75, 3.05) is 18.5 Å². The number of anilines is 1. The highest BCUT2D eigenvalue weighted by molar-refractivity contribution is 5.99. The maximum atomic E-state index is 9.94. The van der Waals surface area contributed by atoms with Crippen molar-refractivity contribution >= 4 is 16.6 Å². The predicted molar refractivity (Wildman–Crippen MR) is 112 cm³/mol. The summed E-state index contributed by atoms with van der Waals surface area (Å²) >= 11 is 0. The number of benzene rings is 1. The number of nitrogens with zero attached hydrogens (tertiary/aromatic N) is 3. The molecule has 148 valence electrons. The molecule has 0 saturated heterocycles. The first kappa shape index (κ1) is 18.0. The Morgan fingerprint density at radius 2 is 2.03 bits per heavy atom. The Hall–Kier alpha value is -3.04. The van der Waals surface area contributed by atoms with Crippen LogP contribution in [0.1, 0.15) is 42.9 Å². The van der Waals surface area contributed by atoms with Gasteiger partial charge >= 0.3 is 0 Å². The molecule has 1 saturated carbocycles. The van der Waals surface area contributed by atoms with E-state index in [0.717, 1.165) is 71.3 Å². The van der Waals surface area contributed by atoms with Crippen molar-refractivity contribution in [3.05, 3.63) is 41.9 Å². The van der Waals surface area contributed by atoms with Gasteiger partial charge in [0.1, 0.15) is 6.61 Å². The molecule has 2 aliphatic rings. The lowest BCUT2D eigenvalue weighted by molar-refractivity contribution is 0.111. The molecule has 29 heavy (non-hydrogen) atoms. The van der Waals surface area contributed by atoms with Crippen LogP contribution in [0.25, 0.3) is 22.0 Å². The third kappa shape index (κ3) is 3.02. The summed E-state index contributed by atoms with van der Waals surface area (Å²) in [5.41, 5.74) is 5.68. The molecule has 0 unspecified atom stereocenters. The minimum atomic E-state index is -0.190. The summed E-state index contributed by atoms with van der Waals surface area (Å²) in [5, 5.41) is 23.9. The van der Waals surface area contributed by atoms with Gasteiger partial charge in [-0.3, -0.25) is 4.98 Å². The maximum Gasteiger partial charge on any atom is 0.153 e. The molecule has 1 aliphatic carbocycles. The van der Waals surface area contributed by atoms with Crippen molar-refractivity contribution in [2.45, 2.75) is 44.8 Å². The van der Waals surface area contributed by atoms with Crippen molar-refractivity contribution in [2.24, 2.45) is 0 Å². The van der Waals surface area contributed by atoms with Gasteiger partial charge in [-0.1, -0.05) is 0 Å². The average molecular weight is 388 g/mol. The first-order chi connectivity index (χ1) is 14.2. The third-order valence-electron chi connectivity index (χ3n) is 6.21. The molecule has 0 atom stereocenters. The van der Waals surface area contributed by atoms with Gasteiger partial charge in [0.2, 0.25) is 0 Å². The average Bonchev–Trinajstić information content (AvgIpc) is 3.11. The zero-order valence-electron chi connectivity index (χ0n) is 16.5. The number of nitrogens with one attached hydrogen (secondary N) is 1. The minimum Gasteiger partial charge on any atom is -0.489 e. The number of nitriles is 1. The highest BCUT2D eigenvalue weighted by atomic mass is 16.5. The standard InChI is InChI=1S/C23H24N4O2/c1-14-8-22-18(9-15(14)10-24)20(13-27(22)16-2-4-17(28)5-3-16)19-11-25-12-21-23(19)29-7-6-26-21/h8-9,11-13,16-17,26,28H,2-7H2,1H3. The zero-order valence-corrected chi connectivity index (χ0v) is 16.5. The Bertz CT molecular complexity index is 1120. The van der Waals surface area contributed by atoms with Crippen molar-refractivity contribution < 1.29 is 9.84 Å². The van der Waals surface area contributed by atoms with Gasteiger partial charge in [0.25, 0.3) is 0 Å². The van der Waals surface area contributed by atoms with E-state index in [2.05, 4.69) is 33.2 Å². The summed E-state index contributed by atoms with van der Waals surface area (Å²) in [6.45, 7) is 3.37. The van der Waals surface area contributed by atoms with Crippen LogP contribution >= 0.6 is 0 Å². The van der Waals surface area contributed by atoms with Crippen molar-refractivity contribution in [1.82, 2.24) is 9.55 Å². The van der Waals surface area contributed by atoms with Crippen LogP contribution in [0, 0.1) is 18.3 Å². The lowest BCUT2D eigenvalue weighted by atomic mass is 9.93. The Kier molecular flexibility index (Phi) is 4.40. The molecule has 3 aromatic rings. The monoisotopic (exact) mass is 388 g/mol. The fourth-order valence-corrected chi connectivity index (χ4v) is 4.63. The van der Waals surface area contributed by atoms with Gasteiger partial charge in [0.05, 0.1) is 29.6 Å². The number of rotatable bonds is 2. The highest BCUT2D eigenvalue weighted by Gasteiger charge is 2.25. The van der Waals surface area contributed by atoms with Crippen LogP contribution in [0.5, 0.6) is 5.75 Å². The third-order valence-corrected chi connectivity index (χ3v) is 6.21. The topological polar surface area (TPSA) is 83.1 Å². The van der Waals surface area contributed by atoms with E-state index in [1.807, 2.05) is 19.2 Å². The number of pyridine rings is 1. The van der Waals surface area contributed by atoms with Gasteiger partial charge in [-0.15, -0.1) is 0 Å². The number of ether oxygens (including phenoxy) is 1. The quantitative estimate of drug-likeness (QED) is 0.689. The Balaban J connectivity index is 1.73. The van der Waals surface area contributed by atoms with Crippen molar-refractivity contribution in [1.29, 1.82) is 5.26 Å². The molecular formula is C23H24N4O2. The van der Waals surface area contributed by atoms with Gasteiger partial charge in [-0.2, -0.15) is 5.26 Å². The molecule has 0 amide bonds. The van der Waals surface area contributed by atoms with E-state index in [0.29, 0.717) is 18.2 Å². The molecule has 6 nitrogen and oxygen atoms in total. The van der Waals surface area contributed by atoms with E-state index in [9.17, 15) is 10.4 Å². The smallest absolute Gasteiger partial charge is 0.153 e. The zero-order chi connectivity index (χ0) is 20.0. The van der Waals surface area contributed by atoms with Gasteiger partial charge < -0.3 is 19.7 Å². The second-order valence-corrected chi connectivity index (χ2v) is 8.05. The van der Waals surface area contributed by atoms with Gasteiger partial charge in [-0.25, -0.2) is 0 Å². The Labute approximate surface area is 169 Å². The van der Waals surface area contributed by atoms with Crippen LogP contribution in [-0.2, 0) is 0 Å². The number of hydrogen-bond acceptors (Lipinski definition) is 5. The minimum absolute atomic E-state index is 0.190. The van der Waals surface area contributed by atoms with Gasteiger partial charge in [0.15, 0.2) is 5.75 Å². The summed E-state index contributed by atoms with van der Waals surface area (Å²) in [5.74, 6) is 0.823. The van der Waals surface area contributed by atoms with Crippen LogP contribution in [0.4, 0.5) is 5.69 Å². The van der Waals surface area contributed by atoms with Gasteiger partial charge in [-0.05, 0) is 50.3 Å². The Morgan fingerprint density at radius 3 is 2.83 bits per heavy atom. The van der Waals surface area contributed by atoms with E-state index in [1.165, 1.54) is 0 Å². The Morgan fingerprint density at radius 1 is 1.21 bits per heavy atom. The SMILES string of the molecule is Cc1cc2c(cc1C#N)c(-c1cncc3c1OCCN3)cn2C1CCC(O)CC1. The summed E-state index contributed by atoms with van der Waals surface area (Å²) in [6.07, 6.45) is 9.19. The first-order valence-electron chi connectivity index (χ1n) is 10.2. The van der Waals surface area contributed by atoms with Crippen LogP contribution in [0.15, 0.2) is 30.7 Å². The van der Waals surface area contributed by atoms with E-state index >= 15 is 0 Å². The van der Waals surface area contributed by atoms with Crippen LogP contribution in [-0.4, -0.2) is 33.9 Å². The number of hydrogen-bond donors (Lipinski definition) is 2. The summed E-state index contributed by atoms with van der Waals surface area (Å²) < 4.78 is 8.33. The molecule has 2 N–H and O–H groups in total. The van der Waals surface area contributed by atoms with Gasteiger partial charge in [0, 0.05) is 47.0 Å². The number of aryl methyl sites for hydroxylation is 1. The molecule has 2 aromatic heterocycles. The highest BCUT2D eigenvalue weighted by Crippen LogP contribution is 2.43. The fraction of sp³-hybridized carbons (Fsp3) is 0.391. The molecule has 0 radical (unpaired) electrons. The van der Waals surface area contributed by atoms with Crippen LogP contribution in [0.3, 0.4) is 0 Å². The molecule has 3 heterocycles. The van der Waals surface area contributed by atoms with Crippen molar-refractivity contribution in [3.63, 3.8) is 0 Å². The number of fused-ring (bicyclic) bond motifs is 2. The molecule has 1 aromatic carbocycles. The molecule has 1 aliphatic heterocycles. The first-order valence-corrected chi connectivity index (χ1v) is 10.2. The number of aliphatic hydroxyl groups is 1. The lowest BCUT2D eigenvalue weighted by Gasteiger charge is -2.27. The van der Waals surface area contributed by atoms with Crippen molar-refractivity contribution in [3.8, 4) is 22.9 Å². The largest absolute Gasteiger partial charge is 0.489 e. The van der Waals surface area contributed by atoms with E-state index < -0.39 is 0 Å². The molecule has 0 spiro atoms. The molecular weight excluding hydrogens is 364 g/mol.